The third-order valence-electron chi connectivity index (χ3n) is 14.9. The van der Waals surface area contributed by atoms with Crippen molar-refractivity contribution in [3.8, 4) is 22.3 Å². The number of hydrogen-bond acceptors (Lipinski definition) is 4. The lowest BCUT2D eigenvalue weighted by Gasteiger charge is -2.41. The average molecular weight is 859 g/mol. The fourth-order valence-corrected chi connectivity index (χ4v) is 13.7. The lowest BCUT2D eigenvalue weighted by molar-refractivity contribution is 0.669. The predicted molar refractivity (Wildman–Crippen MR) is 270 cm³/mol. The molecule has 1 aromatic heterocycles. The van der Waals surface area contributed by atoms with E-state index < -0.39 is 10.8 Å². The Morgan fingerprint density at radius 3 is 1.56 bits per heavy atom. The van der Waals surface area contributed by atoms with Gasteiger partial charge < -0.3 is 14.6 Å². The number of nitrogens with one attached hydrogen (secondary N) is 1. The van der Waals surface area contributed by atoms with Crippen molar-refractivity contribution in [1.82, 2.24) is 0 Å². The molecule has 1 N–H and O–H groups in total. The molecule has 0 atom stereocenters. The van der Waals surface area contributed by atoms with Crippen molar-refractivity contribution in [2.45, 2.75) is 20.6 Å². The molecule has 2 aliphatic carbocycles. The highest BCUT2D eigenvalue weighted by atomic mass is 32.2. The molecular weight excluding hydrogens is 821 g/mol. The molecule has 4 heteroatoms. The zero-order valence-corrected chi connectivity index (χ0v) is 36.4. The Balaban J connectivity index is 1.02. The Kier molecular flexibility index (Phi) is 7.29. The first-order chi connectivity index (χ1) is 32.7. The molecule has 0 saturated carbocycles. The van der Waals surface area contributed by atoms with Crippen LogP contribution in [0.25, 0.3) is 44.2 Å². The summed E-state index contributed by atoms with van der Waals surface area (Å²) in [5.41, 5.74) is 21.8. The summed E-state index contributed by atoms with van der Waals surface area (Å²) in [6.45, 7) is 0. The van der Waals surface area contributed by atoms with Crippen molar-refractivity contribution in [1.29, 1.82) is 0 Å². The predicted octanol–water partition coefficient (Wildman–Crippen LogP) is 16.3. The van der Waals surface area contributed by atoms with E-state index in [0.717, 1.165) is 50.4 Å². The first-order valence-electron chi connectivity index (χ1n) is 22.7. The van der Waals surface area contributed by atoms with Crippen LogP contribution in [0.3, 0.4) is 0 Å². The Labute approximate surface area is 386 Å². The summed E-state index contributed by atoms with van der Waals surface area (Å²) in [6.07, 6.45) is 0. The maximum absolute atomic E-state index is 6.62. The van der Waals surface area contributed by atoms with Gasteiger partial charge in [0, 0.05) is 37.9 Å². The fourth-order valence-electron chi connectivity index (χ4n) is 12.5. The zero-order chi connectivity index (χ0) is 43.1. The number of rotatable bonds is 3. The van der Waals surface area contributed by atoms with Crippen LogP contribution in [0.15, 0.2) is 239 Å². The molecule has 15 rings (SSSR count). The molecule has 0 unspecified atom stereocenters. The van der Waals surface area contributed by atoms with Crippen molar-refractivity contribution >= 4 is 62.1 Å². The van der Waals surface area contributed by atoms with Crippen molar-refractivity contribution in [2.75, 3.05) is 10.2 Å². The number of para-hydroxylation sites is 2. The van der Waals surface area contributed by atoms with Gasteiger partial charge in [-0.3, -0.25) is 0 Å². The number of nitrogens with zero attached hydrogens (tertiary/aromatic N) is 1. The van der Waals surface area contributed by atoms with Crippen LogP contribution < -0.4 is 10.2 Å². The van der Waals surface area contributed by atoms with Gasteiger partial charge in [0.15, 0.2) is 0 Å². The van der Waals surface area contributed by atoms with E-state index in [1.807, 2.05) is 11.8 Å². The number of hydrogen-bond donors (Lipinski definition) is 1. The highest BCUT2D eigenvalue weighted by molar-refractivity contribution is 7.99. The van der Waals surface area contributed by atoms with E-state index in [9.17, 15) is 0 Å². The minimum absolute atomic E-state index is 0.463. The highest BCUT2D eigenvalue weighted by Gasteiger charge is 2.52. The average Bonchev–Trinajstić information content (AvgIpc) is 4.00. The summed E-state index contributed by atoms with van der Waals surface area (Å²) < 4.78 is 6.62. The van der Waals surface area contributed by atoms with Gasteiger partial charge in [-0.15, -0.1) is 0 Å². The first-order valence-corrected chi connectivity index (χ1v) is 23.6. The van der Waals surface area contributed by atoms with E-state index in [1.54, 1.807) is 0 Å². The molecule has 11 aromatic rings. The minimum atomic E-state index is -0.550. The second-order valence-electron chi connectivity index (χ2n) is 17.9. The number of fused-ring (bicyclic) bond motifs is 21. The van der Waals surface area contributed by atoms with Gasteiger partial charge in [0.1, 0.15) is 11.2 Å². The Hall–Kier alpha value is -8.05. The van der Waals surface area contributed by atoms with E-state index in [-0.39, 0.29) is 0 Å². The monoisotopic (exact) mass is 858 g/mol. The summed E-state index contributed by atoms with van der Waals surface area (Å²) in [5.74, 6) is 0. The maximum Gasteiger partial charge on any atom is 0.137 e. The maximum atomic E-state index is 6.62. The topological polar surface area (TPSA) is 28.4 Å². The van der Waals surface area contributed by atoms with Crippen LogP contribution in [0.4, 0.5) is 28.4 Å². The molecule has 0 bridgehead atoms. The lowest BCUT2D eigenvalue weighted by atomic mass is 9.65. The van der Waals surface area contributed by atoms with Crippen molar-refractivity contribution in [2.24, 2.45) is 0 Å². The summed E-state index contributed by atoms with van der Waals surface area (Å²) in [4.78, 5) is 5.01. The van der Waals surface area contributed by atoms with Crippen LogP contribution in [0.1, 0.15) is 44.5 Å². The molecule has 2 aliphatic heterocycles. The van der Waals surface area contributed by atoms with Gasteiger partial charge in [0.2, 0.25) is 0 Å². The van der Waals surface area contributed by atoms with E-state index in [0.29, 0.717) is 0 Å². The number of anilines is 5. The first kappa shape index (κ1) is 36.3. The van der Waals surface area contributed by atoms with E-state index >= 15 is 0 Å². The third-order valence-corrected chi connectivity index (χ3v) is 16.1. The molecule has 2 spiro atoms. The normalized spacial score (nSPS) is 14.7. The van der Waals surface area contributed by atoms with Gasteiger partial charge in [-0.2, -0.15) is 0 Å². The molecule has 4 aliphatic rings. The molecule has 0 saturated heterocycles. The van der Waals surface area contributed by atoms with Crippen molar-refractivity contribution in [3.05, 3.63) is 269 Å². The summed E-state index contributed by atoms with van der Waals surface area (Å²) in [6, 6.07) is 83.3. The van der Waals surface area contributed by atoms with Gasteiger partial charge in [0.25, 0.3) is 0 Å². The molecule has 10 aromatic carbocycles. The van der Waals surface area contributed by atoms with Crippen molar-refractivity contribution < 1.29 is 4.42 Å². The van der Waals surface area contributed by atoms with Crippen LogP contribution in [0.5, 0.6) is 0 Å². The largest absolute Gasteiger partial charge is 0.456 e. The van der Waals surface area contributed by atoms with Gasteiger partial charge in [0.05, 0.1) is 21.9 Å². The van der Waals surface area contributed by atoms with Gasteiger partial charge in [-0.1, -0.05) is 176 Å². The van der Waals surface area contributed by atoms with E-state index in [1.165, 1.54) is 76.6 Å². The molecule has 308 valence electrons. The highest BCUT2D eigenvalue weighted by Crippen LogP contribution is 2.64. The smallest absolute Gasteiger partial charge is 0.137 e. The Bertz CT molecular complexity index is 3790. The Morgan fingerprint density at radius 1 is 0.364 bits per heavy atom. The van der Waals surface area contributed by atoms with Crippen LogP contribution in [0, 0.1) is 0 Å². The lowest BCUT2D eigenvalue weighted by Crippen LogP contribution is -2.33. The summed E-state index contributed by atoms with van der Waals surface area (Å²) in [5, 5.41) is 6.09. The van der Waals surface area contributed by atoms with Gasteiger partial charge >= 0.3 is 0 Å². The fraction of sp³-hybridized carbons (Fsp3) is 0.0323. The van der Waals surface area contributed by atoms with Crippen LogP contribution in [0.2, 0.25) is 0 Å². The molecule has 3 heterocycles. The molecule has 3 nitrogen and oxygen atoms in total. The molecular formula is C62H38N2OS. The quantitative estimate of drug-likeness (QED) is 0.192. The molecule has 0 radical (unpaired) electrons. The third kappa shape index (κ3) is 4.54. The molecule has 0 amide bonds. The van der Waals surface area contributed by atoms with Gasteiger partial charge in [-0.05, 0) is 127 Å². The standard InChI is InChI=1S/C62H38N2OS/c1-6-21-45-40(16-1)41-17-2-7-22-46(41)61(45)49-25-10-12-27-53(49)63-54-35-33-38(36-52(54)61)64(55-28-15-30-57-60(55)44-20-5-13-29-56(44)65-57)39-32-34-51-59(37-39)66-58-31-14-11-26-50(58)62(51)47-23-8-3-18-42(47)43-19-4-9-24-48(43)62/h1-37,63H. The van der Waals surface area contributed by atoms with Crippen LogP contribution in [-0.4, -0.2) is 0 Å². The van der Waals surface area contributed by atoms with E-state index in [4.69, 9.17) is 4.42 Å². The van der Waals surface area contributed by atoms with Crippen LogP contribution in [-0.2, 0) is 10.8 Å². The minimum Gasteiger partial charge on any atom is -0.456 e. The van der Waals surface area contributed by atoms with Crippen molar-refractivity contribution in [3.63, 3.8) is 0 Å². The molecule has 0 fully saturated rings. The second kappa shape index (κ2) is 13.3. The van der Waals surface area contributed by atoms with Gasteiger partial charge in [-0.25, -0.2) is 0 Å². The Morgan fingerprint density at radius 2 is 0.864 bits per heavy atom. The number of furan rings is 1. The summed E-state index contributed by atoms with van der Waals surface area (Å²) in [7, 11) is 0. The van der Waals surface area contributed by atoms with Crippen LogP contribution >= 0.6 is 11.8 Å². The van der Waals surface area contributed by atoms with E-state index in [2.05, 4.69) is 235 Å². The SMILES string of the molecule is c1ccc2c(c1)Nc1ccc(N(c3ccc4c(c3)Sc3ccccc3C43c4ccccc4-c4ccccc43)c3cccc4oc5ccccc5c34)cc1C21c2ccccc2-c2ccccc21. The summed E-state index contributed by atoms with van der Waals surface area (Å²) >= 11 is 1.88. The number of benzene rings is 10. The zero-order valence-electron chi connectivity index (χ0n) is 35.6. The molecule has 66 heavy (non-hydrogen) atoms. The second-order valence-corrected chi connectivity index (χ2v) is 19.0.